The van der Waals surface area contributed by atoms with Crippen LogP contribution in [0.5, 0.6) is 0 Å². The highest BCUT2D eigenvalue weighted by molar-refractivity contribution is 7.18. The number of carbonyl (C=O) groups is 1. The summed E-state index contributed by atoms with van der Waals surface area (Å²) in [5.41, 5.74) is -0.892. The smallest absolute Gasteiger partial charge is 0.338 e. The monoisotopic (exact) mass is 295 g/mol. The van der Waals surface area contributed by atoms with E-state index in [4.69, 9.17) is 5.11 Å². The third-order valence-electron chi connectivity index (χ3n) is 3.79. The van der Waals surface area contributed by atoms with Gasteiger partial charge in [0.25, 0.3) is 0 Å². The zero-order valence-electron chi connectivity index (χ0n) is 10.7. The van der Waals surface area contributed by atoms with E-state index in [9.17, 15) is 14.3 Å². The Morgan fingerprint density at radius 1 is 1.30 bits per heavy atom. The van der Waals surface area contributed by atoms with E-state index in [0.29, 0.717) is 28.1 Å². The number of carboxylic acids is 1. The molecule has 2 aromatic rings. The normalized spacial score (nSPS) is 18.3. The predicted molar refractivity (Wildman–Crippen MR) is 73.5 cm³/mol. The molecule has 0 amide bonds. The van der Waals surface area contributed by atoms with Crippen LogP contribution in [0, 0.1) is 5.82 Å². The average Bonchev–Trinajstić information content (AvgIpc) is 2.82. The molecule has 0 radical (unpaired) electrons. The zero-order valence-corrected chi connectivity index (χ0v) is 11.5. The van der Waals surface area contributed by atoms with Crippen LogP contribution in [0.1, 0.15) is 47.5 Å². The van der Waals surface area contributed by atoms with Crippen molar-refractivity contribution in [3.63, 3.8) is 0 Å². The summed E-state index contributed by atoms with van der Waals surface area (Å²) < 4.78 is 14.2. The fraction of sp³-hybridized carbons (Fsp3) is 0.429. The maximum absolute atomic E-state index is 13.6. The maximum Gasteiger partial charge on any atom is 0.338 e. The Morgan fingerprint density at radius 3 is 2.65 bits per heavy atom. The topological polar surface area (TPSA) is 70.4 Å². The molecule has 1 fully saturated rings. The predicted octanol–water partition coefficient (Wildman–Crippen LogP) is 3.29. The van der Waals surface area contributed by atoms with Gasteiger partial charge in [-0.05, 0) is 18.9 Å². The third kappa shape index (κ3) is 2.19. The fourth-order valence-electron chi connectivity index (χ4n) is 2.66. The molecule has 0 bridgehead atoms. The molecule has 20 heavy (non-hydrogen) atoms. The Morgan fingerprint density at radius 2 is 2.00 bits per heavy atom. The molecule has 1 aliphatic carbocycles. The highest BCUT2D eigenvalue weighted by Gasteiger charge is 2.34. The van der Waals surface area contributed by atoms with E-state index in [1.807, 2.05) is 0 Å². The van der Waals surface area contributed by atoms with Crippen molar-refractivity contribution in [2.24, 2.45) is 0 Å². The maximum atomic E-state index is 13.6. The molecule has 0 aliphatic heterocycles. The number of fused-ring (bicyclic) bond motifs is 1. The lowest BCUT2D eigenvalue weighted by Crippen LogP contribution is -2.28. The van der Waals surface area contributed by atoms with Crippen molar-refractivity contribution in [3.05, 3.63) is 28.5 Å². The number of hydrogen-bond acceptors (Lipinski definition) is 4. The lowest BCUT2D eigenvalue weighted by Gasteiger charge is -2.29. The van der Waals surface area contributed by atoms with Gasteiger partial charge in [0.1, 0.15) is 16.4 Å². The lowest BCUT2D eigenvalue weighted by atomic mass is 9.85. The SMILES string of the molecule is O=C(O)c1cc2sc(C3(O)CCCCC3)nc2cc1F. The van der Waals surface area contributed by atoms with Crippen LogP contribution in [0.3, 0.4) is 0 Å². The second-order valence-electron chi connectivity index (χ2n) is 5.22. The number of benzene rings is 1. The van der Waals surface area contributed by atoms with Crippen molar-refractivity contribution >= 4 is 27.5 Å². The van der Waals surface area contributed by atoms with E-state index in [2.05, 4.69) is 4.98 Å². The molecule has 0 saturated heterocycles. The van der Waals surface area contributed by atoms with Crippen LogP contribution in [0.4, 0.5) is 4.39 Å². The molecular formula is C14H14FNO3S. The molecule has 1 heterocycles. The van der Waals surface area contributed by atoms with Gasteiger partial charge >= 0.3 is 5.97 Å². The van der Waals surface area contributed by atoms with E-state index in [1.165, 1.54) is 17.4 Å². The van der Waals surface area contributed by atoms with E-state index in [1.54, 1.807) is 0 Å². The van der Waals surface area contributed by atoms with Gasteiger partial charge in [-0.2, -0.15) is 0 Å². The van der Waals surface area contributed by atoms with Gasteiger partial charge in [-0.1, -0.05) is 19.3 Å². The first-order valence-electron chi connectivity index (χ1n) is 6.56. The molecule has 0 unspecified atom stereocenters. The molecule has 106 valence electrons. The van der Waals surface area contributed by atoms with Crippen molar-refractivity contribution in [1.82, 2.24) is 4.98 Å². The number of aromatic carboxylic acids is 1. The minimum atomic E-state index is -1.30. The Balaban J connectivity index is 2.08. The van der Waals surface area contributed by atoms with Crippen molar-refractivity contribution in [3.8, 4) is 0 Å². The fourth-order valence-corrected chi connectivity index (χ4v) is 3.79. The number of carboxylic acid groups (broad SMARTS) is 1. The first-order valence-corrected chi connectivity index (χ1v) is 7.37. The average molecular weight is 295 g/mol. The first-order chi connectivity index (χ1) is 9.49. The summed E-state index contributed by atoms with van der Waals surface area (Å²) in [5.74, 6) is -2.09. The molecule has 2 N–H and O–H groups in total. The minimum absolute atomic E-state index is 0.358. The number of halogens is 1. The molecule has 6 heteroatoms. The summed E-state index contributed by atoms with van der Waals surface area (Å²) >= 11 is 1.25. The first kappa shape index (κ1) is 13.5. The molecular weight excluding hydrogens is 281 g/mol. The van der Waals surface area contributed by atoms with Crippen LogP contribution in [-0.2, 0) is 5.60 Å². The van der Waals surface area contributed by atoms with Gasteiger partial charge in [0.05, 0.1) is 15.8 Å². The van der Waals surface area contributed by atoms with Crippen LogP contribution in [0.25, 0.3) is 10.2 Å². The number of hydrogen-bond donors (Lipinski definition) is 2. The summed E-state index contributed by atoms with van der Waals surface area (Å²) in [4.78, 5) is 15.2. The number of thiazole rings is 1. The van der Waals surface area contributed by atoms with E-state index in [0.717, 1.165) is 25.3 Å². The van der Waals surface area contributed by atoms with Crippen LogP contribution >= 0.6 is 11.3 Å². The van der Waals surface area contributed by atoms with Crippen LogP contribution in [0.15, 0.2) is 12.1 Å². The summed E-state index contributed by atoms with van der Waals surface area (Å²) in [7, 11) is 0. The molecule has 0 atom stereocenters. The van der Waals surface area contributed by atoms with Gasteiger partial charge in [0, 0.05) is 6.07 Å². The molecule has 3 rings (SSSR count). The highest BCUT2D eigenvalue weighted by atomic mass is 32.1. The van der Waals surface area contributed by atoms with Gasteiger partial charge in [-0.25, -0.2) is 14.2 Å². The number of aromatic nitrogens is 1. The number of rotatable bonds is 2. The van der Waals surface area contributed by atoms with Gasteiger partial charge in [0.15, 0.2) is 0 Å². The van der Waals surface area contributed by atoms with Crippen LogP contribution in [-0.4, -0.2) is 21.2 Å². The standard InChI is InChI=1S/C14H14FNO3S/c15-9-7-10-11(6-8(9)12(17)18)20-13(16-10)14(19)4-2-1-3-5-14/h6-7,19H,1-5H2,(H,17,18). The molecule has 0 spiro atoms. The van der Waals surface area contributed by atoms with Crippen LogP contribution in [0.2, 0.25) is 0 Å². The van der Waals surface area contributed by atoms with Crippen molar-refractivity contribution in [2.75, 3.05) is 0 Å². The van der Waals surface area contributed by atoms with Gasteiger partial charge in [-0.15, -0.1) is 11.3 Å². The quantitative estimate of drug-likeness (QED) is 0.892. The summed E-state index contributed by atoms with van der Waals surface area (Å²) in [6.45, 7) is 0. The molecule has 1 saturated carbocycles. The van der Waals surface area contributed by atoms with Gasteiger partial charge in [0.2, 0.25) is 0 Å². The Labute approximate surface area is 118 Å². The molecule has 1 aromatic carbocycles. The Bertz CT molecular complexity index is 676. The molecule has 1 aliphatic rings. The largest absolute Gasteiger partial charge is 0.478 e. The number of aliphatic hydroxyl groups is 1. The highest BCUT2D eigenvalue weighted by Crippen LogP contribution is 2.40. The zero-order chi connectivity index (χ0) is 14.3. The van der Waals surface area contributed by atoms with Crippen LogP contribution < -0.4 is 0 Å². The van der Waals surface area contributed by atoms with Crippen molar-refractivity contribution in [1.29, 1.82) is 0 Å². The molecule has 1 aromatic heterocycles. The second-order valence-corrected chi connectivity index (χ2v) is 6.25. The summed E-state index contributed by atoms with van der Waals surface area (Å²) in [6.07, 6.45) is 4.30. The Hall–Kier alpha value is -1.53. The molecule has 4 nitrogen and oxygen atoms in total. The minimum Gasteiger partial charge on any atom is -0.478 e. The Kier molecular flexibility index (Phi) is 3.22. The third-order valence-corrected chi connectivity index (χ3v) is 5.00. The van der Waals surface area contributed by atoms with Gasteiger partial charge < -0.3 is 10.2 Å². The second kappa shape index (κ2) is 4.79. The summed E-state index contributed by atoms with van der Waals surface area (Å²) in [5, 5.41) is 20.1. The van der Waals surface area contributed by atoms with E-state index in [-0.39, 0.29) is 5.56 Å². The summed E-state index contributed by atoms with van der Waals surface area (Å²) in [6, 6.07) is 2.42. The van der Waals surface area contributed by atoms with Gasteiger partial charge in [-0.3, -0.25) is 0 Å². The van der Waals surface area contributed by atoms with Crippen molar-refractivity contribution < 1.29 is 19.4 Å². The lowest BCUT2D eigenvalue weighted by molar-refractivity contribution is -0.000636. The van der Waals surface area contributed by atoms with Crippen molar-refractivity contribution in [2.45, 2.75) is 37.7 Å². The van der Waals surface area contributed by atoms with E-state index >= 15 is 0 Å². The van der Waals surface area contributed by atoms with E-state index < -0.39 is 17.4 Å². The number of nitrogens with zero attached hydrogens (tertiary/aromatic N) is 1.